The van der Waals surface area contributed by atoms with E-state index in [1.165, 1.54) is 0 Å². The first-order chi connectivity index (χ1) is 13.9. The molecule has 2 saturated heterocycles. The Bertz CT molecular complexity index is 735. The number of hydrogen-bond donors (Lipinski definition) is 3. The van der Waals surface area contributed by atoms with Crippen LogP contribution in [0.2, 0.25) is 0 Å². The number of piperidine rings is 1. The first-order valence-corrected chi connectivity index (χ1v) is 11.1. The maximum absolute atomic E-state index is 13.3. The van der Waals surface area contributed by atoms with E-state index >= 15 is 0 Å². The van der Waals surface area contributed by atoms with Gasteiger partial charge in [0.1, 0.15) is 12.1 Å². The number of hydrogen-bond acceptors (Lipinski definition) is 4. The Balaban J connectivity index is 1.73. The molecule has 168 valence electrons. The van der Waals surface area contributed by atoms with Gasteiger partial charge in [-0.25, -0.2) is 0 Å². The molecule has 1 saturated carbocycles. The molecular weight excluding hydrogens is 384 g/mol. The second-order valence-corrected chi connectivity index (χ2v) is 10.4. The Morgan fingerprint density at radius 3 is 2.47 bits per heavy atom. The standard InChI is InChI=1S/C22H36N4O4/c1-11(2)8-12(3)21(30)26-10-14-16(22(14,4)5)17(26)20(29)25-15(18(23)27)9-13-6-7-24-19(13)28/h11-17H,6-10H2,1-5H3,(H2,23,27)(H,24,28)(H,25,29)/t12-,13-,14-,15-,16-,17-/m0/s1. The largest absolute Gasteiger partial charge is 0.368 e. The van der Waals surface area contributed by atoms with Crippen molar-refractivity contribution in [1.82, 2.24) is 15.5 Å². The molecule has 0 aromatic heterocycles. The number of nitrogens with one attached hydrogen (secondary N) is 2. The monoisotopic (exact) mass is 420 g/mol. The van der Waals surface area contributed by atoms with E-state index in [1.807, 2.05) is 6.92 Å². The zero-order valence-corrected chi connectivity index (χ0v) is 18.7. The maximum atomic E-state index is 13.3. The third-order valence-electron chi connectivity index (χ3n) is 7.35. The van der Waals surface area contributed by atoms with Gasteiger partial charge in [0, 0.05) is 24.9 Å². The van der Waals surface area contributed by atoms with Crippen molar-refractivity contribution in [3.63, 3.8) is 0 Å². The lowest BCUT2D eigenvalue weighted by atomic mass is 9.94. The first kappa shape index (κ1) is 22.6. The molecule has 30 heavy (non-hydrogen) atoms. The zero-order valence-electron chi connectivity index (χ0n) is 18.7. The van der Waals surface area contributed by atoms with E-state index in [2.05, 4.69) is 38.3 Å². The fourth-order valence-electron chi connectivity index (χ4n) is 5.56. The average Bonchev–Trinajstić information content (AvgIpc) is 3.01. The van der Waals surface area contributed by atoms with Gasteiger partial charge in [0.25, 0.3) is 0 Å². The molecule has 0 spiro atoms. The minimum Gasteiger partial charge on any atom is -0.368 e. The Morgan fingerprint density at radius 2 is 1.93 bits per heavy atom. The van der Waals surface area contributed by atoms with Crippen molar-refractivity contribution in [3.8, 4) is 0 Å². The normalized spacial score (nSPS) is 31.1. The SMILES string of the molecule is CC(C)C[C@H](C)C(=O)N1C[C@H]2[C@@H]([C@H]1C(=O)N[C@@H](C[C@@H]1CCNC1=O)C(N)=O)C2(C)C. The van der Waals surface area contributed by atoms with Gasteiger partial charge in [0.2, 0.25) is 23.6 Å². The molecule has 3 fully saturated rings. The van der Waals surface area contributed by atoms with E-state index < -0.39 is 18.0 Å². The van der Waals surface area contributed by atoms with Gasteiger partial charge in [0.05, 0.1) is 0 Å². The molecule has 0 radical (unpaired) electrons. The van der Waals surface area contributed by atoms with Crippen LogP contribution in [-0.2, 0) is 19.2 Å². The number of fused-ring (bicyclic) bond motifs is 1. The van der Waals surface area contributed by atoms with Gasteiger partial charge in [-0.05, 0) is 42.4 Å². The number of primary amides is 1. The lowest BCUT2D eigenvalue weighted by molar-refractivity contribution is -0.144. The summed E-state index contributed by atoms with van der Waals surface area (Å²) >= 11 is 0. The second-order valence-electron chi connectivity index (χ2n) is 10.4. The van der Waals surface area contributed by atoms with E-state index in [1.54, 1.807) is 4.90 Å². The summed E-state index contributed by atoms with van der Waals surface area (Å²) in [5.74, 6) is -0.833. The van der Waals surface area contributed by atoms with Crippen molar-refractivity contribution in [3.05, 3.63) is 0 Å². The molecule has 8 heteroatoms. The Labute approximate surface area is 178 Å². The maximum Gasteiger partial charge on any atom is 0.243 e. The lowest BCUT2D eigenvalue weighted by Gasteiger charge is -2.33. The first-order valence-electron chi connectivity index (χ1n) is 11.1. The molecule has 2 aliphatic heterocycles. The smallest absolute Gasteiger partial charge is 0.243 e. The molecule has 3 rings (SSSR count). The summed E-state index contributed by atoms with van der Waals surface area (Å²) in [5.41, 5.74) is 5.53. The molecule has 0 aromatic rings. The molecule has 2 heterocycles. The molecule has 8 nitrogen and oxygen atoms in total. The summed E-state index contributed by atoms with van der Waals surface area (Å²) in [6.07, 6.45) is 1.58. The number of rotatable bonds is 8. The van der Waals surface area contributed by atoms with E-state index in [0.29, 0.717) is 25.4 Å². The summed E-state index contributed by atoms with van der Waals surface area (Å²) in [4.78, 5) is 52.0. The summed E-state index contributed by atoms with van der Waals surface area (Å²) in [5, 5.41) is 5.52. The second kappa shape index (κ2) is 8.19. The van der Waals surface area contributed by atoms with E-state index in [-0.39, 0.29) is 53.2 Å². The summed E-state index contributed by atoms with van der Waals surface area (Å²) < 4.78 is 0. The van der Waals surface area contributed by atoms with Crippen LogP contribution in [0.3, 0.4) is 0 Å². The van der Waals surface area contributed by atoms with Crippen LogP contribution in [0.15, 0.2) is 0 Å². The molecule has 4 N–H and O–H groups in total. The van der Waals surface area contributed by atoms with Gasteiger partial charge < -0.3 is 21.3 Å². The number of amides is 4. The van der Waals surface area contributed by atoms with E-state index in [9.17, 15) is 19.2 Å². The molecule has 4 amide bonds. The highest BCUT2D eigenvalue weighted by atomic mass is 16.2. The molecule has 0 unspecified atom stereocenters. The van der Waals surface area contributed by atoms with Crippen LogP contribution >= 0.6 is 0 Å². The van der Waals surface area contributed by atoms with Crippen molar-refractivity contribution in [1.29, 1.82) is 0 Å². The van der Waals surface area contributed by atoms with Gasteiger partial charge in [-0.3, -0.25) is 19.2 Å². The highest BCUT2D eigenvalue weighted by Crippen LogP contribution is 2.65. The van der Waals surface area contributed by atoms with Crippen LogP contribution in [-0.4, -0.2) is 53.7 Å². The topological polar surface area (TPSA) is 122 Å². The number of nitrogens with two attached hydrogens (primary N) is 1. The van der Waals surface area contributed by atoms with Gasteiger partial charge in [0.15, 0.2) is 0 Å². The van der Waals surface area contributed by atoms with Crippen LogP contribution < -0.4 is 16.4 Å². The number of likely N-dealkylation sites (tertiary alicyclic amines) is 1. The summed E-state index contributed by atoms with van der Waals surface area (Å²) in [7, 11) is 0. The van der Waals surface area contributed by atoms with Crippen LogP contribution in [0.4, 0.5) is 0 Å². The molecule has 0 aromatic carbocycles. The Kier molecular flexibility index (Phi) is 6.16. The van der Waals surface area contributed by atoms with Crippen molar-refractivity contribution in [2.45, 2.75) is 66.0 Å². The predicted molar refractivity (Wildman–Crippen MR) is 112 cm³/mol. The van der Waals surface area contributed by atoms with Crippen LogP contribution in [0.5, 0.6) is 0 Å². The number of nitrogens with zero attached hydrogens (tertiary/aromatic N) is 1. The number of carbonyl (C=O) groups excluding carboxylic acids is 4. The Hall–Kier alpha value is -2.12. The highest BCUT2D eigenvalue weighted by Gasteiger charge is 2.69. The Morgan fingerprint density at radius 1 is 1.27 bits per heavy atom. The van der Waals surface area contributed by atoms with Gasteiger partial charge in [-0.1, -0.05) is 34.6 Å². The number of carbonyl (C=O) groups is 4. The summed E-state index contributed by atoms with van der Waals surface area (Å²) in [6, 6.07) is -1.51. The quantitative estimate of drug-likeness (QED) is 0.534. The molecular formula is C22H36N4O4. The van der Waals surface area contributed by atoms with Crippen molar-refractivity contribution in [2.24, 2.45) is 40.7 Å². The van der Waals surface area contributed by atoms with Crippen molar-refractivity contribution < 1.29 is 19.2 Å². The van der Waals surface area contributed by atoms with Crippen LogP contribution in [0, 0.1) is 35.0 Å². The van der Waals surface area contributed by atoms with Crippen molar-refractivity contribution in [2.75, 3.05) is 13.1 Å². The molecule has 6 atom stereocenters. The highest BCUT2D eigenvalue weighted by molar-refractivity contribution is 5.93. The average molecular weight is 421 g/mol. The molecule has 1 aliphatic carbocycles. The summed E-state index contributed by atoms with van der Waals surface area (Å²) in [6.45, 7) is 11.5. The molecule has 0 bridgehead atoms. The minimum atomic E-state index is -0.919. The third-order valence-corrected chi connectivity index (χ3v) is 7.35. The lowest BCUT2D eigenvalue weighted by Crippen LogP contribution is -2.55. The molecule has 3 aliphatic rings. The van der Waals surface area contributed by atoms with Gasteiger partial charge in [-0.2, -0.15) is 0 Å². The predicted octanol–water partition coefficient (Wildman–Crippen LogP) is 0.648. The fourth-order valence-corrected chi connectivity index (χ4v) is 5.56. The van der Waals surface area contributed by atoms with Crippen molar-refractivity contribution >= 4 is 23.6 Å². The van der Waals surface area contributed by atoms with Gasteiger partial charge >= 0.3 is 0 Å². The van der Waals surface area contributed by atoms with E-state index in [0.717, 1.165) is 6.42 Å². The zero-order chi connectivity index (χ0) is 22.4. The van der Waals surface area contributed by atoms with Crippen LogP contribution in [0.25, 0.3) is 0 Å². The van der Waals surface area contributed by atoms with Crippen LogP contribution in [0.1, 0.15) is 53.9 Å². The minimum absolute atomic E-state index is 0.00218. The van der Waals surface area contributed by atoms with E-state index in [4.69, 9.17) is 5.73 Å². The fraction of sp³-hybridized carbons (Fsp3) is 0.818. The third kappa shape index (κ3) is 4.18. The van der Waals surface area contributed by atoms with Gasteiger partial charge in [-0.15, -0.1) is 0 Å².